The molecule has 0 spiro atoms. The van der Waals surface area contributed by atoms with Gasteiger partial charge >= 0.3 is 0 Å². The summed E-state index contributed by atoms with van der Waals surface area (Å²) in [4.78, 5) is 19.7. The molecule has 2 aliphatic rings. The number of nitrogens with zero attached hydrogens (tertiary/aromatic N) is 2. The first-order valence-corrected chi connectivity index (χ1v) is 10.5. The summed E-state index contributed by atoms with van der Waals surface area (Å²) < 4.78 is 11.1. The quantitative estimate of drug-likeness (QED) is 0.680. The second kappa shape index (κ2) is 8.65. The first-order chi connectivity index (χ1) is 15.3. The van der Waals surface area contributed by atoms with E-state index in [2.05, 4.69) is 44.8 Å². The van der Waals surface area contributed by atoms with Gasteiger partial charge in [0.05, 0.1) is 0 Å². The molecular formula is C24H24N4O3. The summed E-state index contributed by atoms with van der Waals surface area (Å²) in [6.45, 7) is 3.53. The van der Waals surface area contributed by atoms with Crippen LogP contribution in [0.1, 0.15) is 22.1 Å². The first kappa shape index (κ1) is 19.4. The maximum Gasteiger partial charge on any atom is 0.274 e. The Bertz CT molecular complexity index is 1070. The Morgan fingerprint density at radius 3 is 2.71 bits per heavy atom. The van der Waals surface area contributed by atoms with E-state index >= 15 is 0 Å². The Morgan fingerprint density at radius 2 is 1.84 bits per heavy atom. The molecule has 1 atom stereocenters. The Balaban J connectivity index is 1.30. The summed E-state index contributed by atoms with van der Waals surface area (Å²) in [6, 6.07) is 21.6. The fourth-order valence-corrected chi connectivity index (χ4v) is 3.91. The molecule has 2 aliphatic heterocycles. The van der Waals surface area contributed by atoms with E-state index in [9.17, 15) is 4.79 Å². The van der Waals surface area contributed by atoms with E-state index in [1.54, 1.807) is 24.3 Å². The minimum atomic E-state index is -0.256. The summed E-state index contributed by atoms with van der Waals surface area (Å²) in [5.74, 6) is 1.88. The molecular weight excluding hydrogens is 392 g/mol. The van der Waals surface area contributed by atoms with Crippen molar-refractivity contribution in [3.63, 3.8) is 0 Å². The van der Waals surface area contributed by atoms with Crippen LogP contribution in [0, 0.1) is 0 Å². The number of rotatable bonds is 4. The molecule has 158 valence electrons. The Hall–Kier alpha value is -3.58. The van der Waals surface area contributed by atoms with Crippen molar-refractivity contribution in [1.29, 1.82) is 0 Å². The van der Waals surface area contributed by atoms with Gasteiger partial charge in [0.15, 0.2) is 11.5 Å². The van der Waals surface area contributed by atoms with Crippen LogP contribution in [0.4, 0.5) is 11.5 Å². The number of pyridine rings is 1. The van der Waals surface area contributed by atoms with Crippen molar-refractivity contribution >= 4 is 17.4 Å². The summed E-state index contributed by atoms with van der Waals surface area (Å²) in [7, 11) is 0. The third-order valence-corrected chi connectivity index (χ3v) is 5.47. The maximum absolute atomic E-state index is 12.8. The van der Waals surface area contributed by atoms with E-state index in [-0.39, 0.29) is 11.9 Å². The number of benzene rings is 2. The van der Waals surface area contributed by atoms with Crippen LogP contribution >= 0.6 is 0 Å². The van der Waals surface area contributed by atoms with Gasteiger partial charge in [-0.25, -0.2) is 4.98 Å². The highest BCUT2D eigenvalue weighted by molar-refractivity contribution is 6.03. The highest BCUT2D eigenvalue weighted by Crippen LogP contribution is 2.32. The predicted molar refractivity (Wildman–Crippen MR) is 119 cm³/mol. The molecule has 1 fully saturated rings. The van der Waals surface area contributed by atoms with Crippen LogP contribution in [0.3, 0.4) is 0 Å². The molecule has 2 N–H and O–H groups in total. The van der Waals surface area contributed by atoms with Crippen LogP contribution in [0.15, 0.2) is 66.7 Å². The second-order valence-corrected chi connectivity index (χ2v) is 7.56. The standard InChI is InChI=1S/C24H24N4O3/c29-24(26-18-9-10-21-22(15-18)31-14-13-30-21)19-7-4-8-23(27-19)28-12-11-25-20(16-28)17-5-2-1-3-6-17/h1-10,15,20,25H,11-14,16H2,(H,26,29)/t20-/m0/s1. The van der Waals surface area contributed by atoms with Gasteiger partial charge in [0.1, 0.15) is 24.7 Å². The van der Waals surface area contributed by atoms with Crippen molar-refractivity contribution in [2.24, 2.45) is 0 Å². The number of carbonyl (C=O) groups is 1. The van der Waals surface area contributed by atoms with E-state index in [0.29, 0.717) is 36.1 Å². The lowest BCUT2D eigenvalue weighted by Gasteiger charge is -2.35. The monoisotopic (exact) mass is 416 g/mol. The van der Waals surface area contributed by atoms with Gasteiger partial charge in [-0.15, -0.1) is 0 Å². The minimum absolute atomic E-state index is 0.229. The van der Waals surface area contributed by atoms with E-state index in [4.69, 9.17) is 9.47 Å². The molecule has 7 nitrogen and oxygen atoms in total. The molecule has 7 heteroatoms. The largest absolute Gasteiger partial charge is 0.486 e. The summed E-state index contributed by atoms with van der Waals surface area (Å²) in [5, 5.41) is 6.46. The van der Waals surface area contributed by atoms with Gasteiger partial charge in [-0.1, -0.05) is 36.4 Å². The normalized spacial score (nSPS) is 17.8. The zero-order valence-corrected chi connectivity index (χ0v) is 17.1. The van der Waals surface area contributed by atoms with E-state index in [1.807, 2.05) is 18.2 Å². The summed E-state index contributed by atoms with van der Waals surface area (Å²) in [5.41, 5.74) is 2.27. The number of fused-ring (bicyclic) bond motifs is 1. The fraction of sp³-hybridized carbons (Fsp3) is 0.250. The third kappa shape index (κ3) is 4.32. The number of aromatic nitrogens is 1. The second-order valence-electron chi connectivity index (χ2n) is 7.56. The van der Waals surface area contributed by atoms with E-state index in [0.717, 1.165) is 25.5 Å². The molecule has 1 saturated heterocycles. The van der Waals surface area contributed by atoms with Crippen molar-refractivity contribution in [3.8, 4) is 11.5 Å². The average Bonchev–Trinajstić information content (AvgIpc) is 2.85. The van der Waals surface area contributed by atoms with Crippen LogP contribution in [0.25, 0.3) is 0 Å². The van der Waals surface area contributed by atoms with Gasteiger partial charge in [-0.3, -0.25) is 4.79 Å². The highest BCUT2D eigenvalue weighted by Gasteiger charge is 2.22. The molecule has 1 amide bonds. The zero-order chi connectivity index (χ0) is 21.0. The van der Waals surface area contributed by atoms with Crippen LogP contribution < -0.4 is 25.0 Å². The SMILES string of the molecule is O=C(Nc1ccc2c(c1)OCCO2)c1cccc(N2CCN[C@H](c3ccccc3)C2)n1. The Kier molecular flexibility index (Phi) is 5.41. The zero-order valence-electron chi connectivity index (χ0n) is 17.1. The minimum Gasteiger partial charge on any atom is -0.486 e. The van der Waals surface area contributed by atoms with Gasteiger partial charge in [0.2, 0.25) is 0 Å². The van der Waals surface area contributed by atoms with Crippen molar-refractivity contribution in [1.82, 2.24) is 10.3 Å². The fourth-order valence-electron chi connectivity index (χ4n) is 3.91. The third-order valence-electron chi connectivity index (χ3n) is 5.47. The number of amides is 1. The number of ether oxygens (including phenoxy) is 2. The number of piperazine rings is 1. The van der Waals surface area contributed by atoms with Crippen molar-refractivity contribution in [2.75, 3.05) is 43.1 Å². The van der Waals surface area contributed by atoms with Gasteiger partial charge in [0.25, 0.3) is 5.91 Å². The van der Waals surface area contributed by atoms with Crippen LogP contribution in [0.2, 0.25) is 0 Å². The van der Waals surface area contributed by atoms with Crippen LogP contribution in [-0.2, 0) is 0 Å². The van der Waals surface area contributed by atoms with Gasteiger partial charge in [0, 0.05) is 37.4 Å². The van der Waals surface area contributed by atoms with E-state index < -0.39 is 0 Å². The number of nitrogens with one attached hydrogen (secondary N) is 2. The number of anilines is 2. The molecule has 3 aromatic rings. The highest BCUT2D eigenvalue weighted by atomic mass is 16.6. The summed E-state index contributed by atoms with van der Waals surface area (Å²) in [6.07, 6.45) is 0. The van der Waals surface area contributed by atoms with Crippen molar-refractivity contribution in [2.45, 2.75) is 6.04 Å². The first-order valence-electron chi connectivity index (χ1n) is 10.5. The number of hydrogen-bond donors (Lipinski definition) is 2. The molecule has 2 aromatic carbocycles. The van der Waals surface area contributed by atoms with Crippen LogP contribution in [-0.4, -0.2) is 43.7 Å². The molecule has 31 heavy (non-hydrogen) atoms. The molecule has 1 aromatic heterocycles. The predicted octanol–water partition coefficient (Wildman–Crippen LogP) is 3.26. The van der Waals surface area contributed by atoms with Crippen molar-refractivity contribution in [3.05, 3.63) is 78.0 Å². The molecule has 3 heterocycles. The molecule has 5 rings (SSSR count). The van der Waals surface area contributed by atoms with Gasteiger partial charge in [-0.05, 0) is 29.8 Å². The molecule has 0 unspecified atom stereocenters. The Labute approximate surface area is 181 Å². The van der Waals surface area contributed by atoms with Gasteiger partial charge in [-0.2, -0.15) is 0 Å². The number of carbonyl (C=O) groups excluding carboxylic acids is 1. The molecule has 0 radical (unpaired) electrons. The molecule has 0 aliphatic carbocycles. The number of hydrogen-bond acceptors (Lipinski definition) is 6. The molecule has 0 bridgehead atoms. The van der Waals surface area contributed by atoms with Crippen molar-refractivity contribution < 1.29 is 14.3 Å². The molecule has 0 saturated carbocycles. The maximum atomic E-state index is 12.8. The average molecular weight is 416 g/mol. The van der Waals surface area contributed by atoms with Crippen LogP contribution in [0.5, 0.6) is 11.5 Å². The lowest BCUT2D eigenvalue weighted by Crippen LogP contribution is -2.46. The summed E-state index contributed by atoms with van der Waals surface area (Å²) >= 11 is 0. The van der Waals surface area contributed by atoms with Gasteiger partial charge < -0.3 is 25.0 Å². The Morgan fingerprint density at radius 1 is 1.00 bits per heavy atom. The van der Waals surface area contributed by atoms with E-state index in [1.165, 1.54) is 5.56 Å². The topological polar surface area (TPSA) is 75.7 Å². The lowest BCUT2D eigenvalue weighted by molar-refractivity contribution is 0.102. The smallest absolute Gasteiger partial charge is 0.274 e. The lowest BCUT2D eigenvalue weighted by atomic mass is 10.0.